The smallest absolute Gasteiger partial charge is 0.163 e. The van der Waals surface area contributed by atoms with Crippen molar-refractivity contribution < 1.29 is 4.79 Å². The van der Waals surface area contributed by atoms with E-state index in [1.54, 1.807) is 0 Å². The zero-order valence-corrected chi connectivity index (χ0v) is 8.96. The van der Waals surface area contributed by atoms with Crippen LogP contribution in [0.3, 0.4) is 0 Å². The third-order valence-corrected chi connectivity index (χ3v) is 3.59. The Hall–Kier alpha value is -1.11. The second-order valence-corrected chi connectivity index (χ2v) is 4.91. The van der Waals surface area contributed by atoms with Crippen LogP contribution in [0.4, 0.5) is 0 Å². The number of hydrogen-bond donors (Lipinski definition) is 0. The van der Waals surface area contributed by atoms with Crippen LogP contribution in [0.5, 0.6) is 0 Å². The molecule has 1 aromatic rings. The van der Waals surface area contributed by atoms with E-state index in [2.05, 4.69) is 12.1 Å². The van der Waals surface area contributed by atoms with Crippen molar-refractivity contribution >= 4 is 5.78 Å². The summed E-state index contributed by atoms with van der Waals surface area (Å²) in [5, 5.41) is 0. The molecule has 1 fully saturated rings. The van der Waals surface area contributed by atoms with Crippen molar-refractivity contribution in [3.8, 4) is 0 Å². The highest BCUT2D eigenvalue weighted by atomic mass is 16.1. The van der Waals surface area contributed by atoms with Crippen LogP contribution in [0.2, 0.25) is 0 Å². The molecule has 0 aliphatic heterocycles. The quantitative estimate of drug-likeness (QED) is 0.685. The highest BCUT2D eigenvalue weighted by Gasteiger charge is 2.25. The lowest BCUT2D eigenvalue weighted by Gasteiger charge is -2.03. The van der Waals surface area contributed by atoms with Crippen LogP contribution in [-0.2, 0) is 12.8 Å². The maximum atomic E-state index is 11.9. The van der Waals surface area contributed by atoms with Crippen LogP contribution < -0.4 is 0 Å². The monoisotopic (exact) mass is 200 g/mol. The Kier molecular flexibility index (Phi) is 2.12. The van der Waals surface area contributed by atoms with Crippen molar-refractivity contribution in [1.82, 2.24) is 0 Å². The average Bonchev–Trinajstić information content (AvgIpc) is 2.94. The molecule has 0 saturated heterocycles. The summed E-state index contributed by atoms with van der Waals surface area (Å²) in [7, 11) is 0. The molecule has 78 valence electrons. The number of carbonyl (C=O) groups is 1. The Bertz CT molecular complexity index is 402. The Morgan fingerprint density at radius 1 is 1.20 bits per heavy atom. The summed E-state index contributed by atoms with van der Waals surface area (Å²) >= 11 is 0. The van der Waals surface area contributed by atoms with E-state index in [0.717, 1.165) is 12.0 Å². The molecule has 0 N–H and O–H groups in total. The zero-order valence-electron chi connectivity index (χ0n) is 8.96. The third kappa shape index (κ3) is 1.83. The van der Waals surface area contributed by atoms with Crippen molar-refractivity contribution in [1.29, 1.82) is 0 Å². The summed E-state index contributed by atoms with van der Waals surface area (Å²) < 4.78 is 0. The minimum atomic E-state index is 0.354. The van der Waals surface area contributed by atoms with E-state index in [1.165, 1.54) is 43.2 Å². The van der Waals surface area contributed by atoms with Crippen LogP contribution in [0.15, 0.2) is 18.2 Å². The molecule has 2 aliphatic carbocycles. The largest absolute Gasteiger partial charge is 0.294 e. The second kappa shape index (κ2) is 3.48. The number of hydrogen-bond acceptors (Lipinski definition) is 1. The summed E-state index contributed by atoms with van der Waals surface area (Å²) in [4.78, 5) is 11.9. The van der Waals surface area contributed by atoms with Gasteiger partial charge in [-0.15, -0.1) is 0 Å². The third-order valence-electron chi connectivity index (χ3n) is 3.59. The number of ketones is 1. The predicted octanol–water partition coefficient (Wildman–Crippen LogP) is 3.16. The molecule has 0 heterocycles. The first kappa shape index (κ1) is 9.14. The number of aryl methyl sites for hydroxylation is 2. The SMILES string of the molecule is O=C(CC1CC1)c1ccc2c(c1)CCC2. The van der Waals surface area contributed by atoms with Gasteiger partial charge >= 0.3 is 0 Å². The van der Waals surface area contributed by atoms with E-state index in [-0.39, 0.29) is 0 Å². The highest BCUT2D eigenvalue weighted by molar-refractivity contribution is 5.96. The lowest BCUT2D eigenvalue weighted by Crippen LogP contribution is -2.01. The topological polar surface area (TPSA) is 17.1 Å². The summed E-state index contributed by atoms with van der Waals surface area (Å²) in [6.45, 7) is 0. The molecule has 0 atom stereocenters. The van der Waals surface area contributed by atoms with Gasteiger partial charge < -0.3 is 0 Å². The van der Waals surface area contributed by atoms with Gasteiger partial charge in [0.15, 0.2) is 5.78 Å². The molecule has 0 aromatic heterocycles. The molecular formula is C14H16O. The first-order valence-corrected chi connectivity index (χ1v) is 5.98. The molecule has 0 amide bonds. The van der Waals surface area contributed by atoms with Crippen molar-refractivity contribution in [2.24, 2.45) is 5.92 Å². The van der Waals surface area contributed by atoms with Crippen molar-refractivity contribution in [2.75, 3.05) is 0 Å². The molecule has 1 heteroatoms. The van der Waals surface area contributed by atoms with Gasteiger partial charge in [0.1, 0.15) is 0 Å². The molecule has 2 aliphatic rings. The van der Waals surface area contributed by atoms with E-state index in [9.17, 15) is 4.79 Å². The first-order chi connectivity index (χ1) is 7.33. The van der Waals surface area contributed by atoms with Crippen LogP contribution in [0, 0.1) is 5.92 Å². The fourth-order valence-corrected chi connectivity index (χ4v) is 2.45. The van der Waals surface area contributed by atoms with Gasteiger partial charge in [-0.1, -0.05) is 12.1 Å². The highest BCUT2D eigenvalue weighted by Crippen LogP contribution is 2.34. The number of benzene rings is 1. The molecule has 0 unspecified atom stereocenters. The Morgan fingerprint density at radius 2 is 2.00 bits per heavy atom. The lowest BCUT2D eigenvalue weighted by molar-refractivity contribution is 0.0976. The van der Waals surface area contributed by atoms with Gasteiger partial charge in [0.2, 0.25) is 0 Å². The normalized spacial score (nSPS) is 18.9. The standard InChI is InChI=1S/C14H16O/c15-14(8-10-4-5-10)13-7-6-11-2-1-3-12(11)9-13/h6-7,9-10H,1-5,8H2. The van der Waals surface area contributed by atoms with Crippen molar-refractivity contribution in [3.05, 3.63) is 34.9 Å². The fourth-order valence-electron chi connectivity index (χ4n) is 2.45. The maximum Gasteiger partial charge on any atom is 0.163 e. The molecule has 0 radical (unpaired) electrons. The van der Waals surface area contributed by atoms with Crippen LogP contribution >= 0.6 is 0 Å². The maximum absolute atomic E-state index is 11.9. The van der Waals surface area contributed by atoms with Gasteiger partial charge in [-0.05, 0) is 55.2 Å². The van der Waals surface area contributed by atoms with Crippen molar-refractivity contribution in [2.45, 2.75) is 38.5 Å². The van der Waals surface area contributed by atoms with Gasteiger partial charge in [-0.25, -0.2) is 0 Å². The fraction of sp³-hybridized carbons (Fsp3) is 0.500. The number of rotatable bonds is 3. The van der Waals surface area contributed by atoms with Gasteiger partial charge in [-0.2, -0.15) is 0 Å². The van der Waals surface area contributed by atoms with Crippen LogP contribution in [0.1, 0.15) is 47.2 Å². The molecule has 15 heavy (non-hydrogen) atoms. The second-order valence-electron chi connectivity index (χ2n) is 4.91. The average molecular weight is 200 g/mol. The van der Waals surface area contributed by atoms with Gasteiger partial charge in [0, 0.05) is 12.0 Å². The van der Waals surface area contributed by atoms with Gasteiger partial charge in [0.25, 0.3) is 0 Å². The van der Waals surface area contributed by atoms with Gasteiger partial charge in [-0.3, -0.25) is 4.79 Å². The van der Waals surface area contributed by atoms with Crippen LogP contribution in [-0.4, -0.2) is 5.78 Å². The summed E-state index contributed by atoms with van der Waals surface area (Å²) in [5.41, 5.74) is 3.82. The Balaban J connectivity index is 1.82. The van der Waals surface area contributed by atoms with Gasteiger partial charge in [0.05, 0.1) is 0 Å². The van der Waals surface area contributed by atoms with Crippen molar-refractivity contribution in [3.63, 3.8) is 0 Å². The lowest BCUT2D eigenvalue weighted by atomic mass is 10.0. The molecular weight excluding hydrogens is 184 g/mol. The Morgan fingerprint density at radius 3 is 2.80 bits per heavy atom. The number of Topliss-reactive ketones (excluding diaryl/α,β-unsaturated/α-hetero) is 1. The first-order valence-electron chi connectivity index (χ1n) is 5.98. The van der Waals surface area contributed by atoms with E-state index in [1.807, 2.05) is 6.07 Å². The van der Waals surface area contributed by atoms with E-state index >= 15 is 0 Å². The molecule has 1 nitrogen and oxygen atoms in total. The molecule has 3 rings (SSSR count). The Labute approximate surface area is 90.5 Å². The van der Waals surface area contributed by atoms with Crippen LogP contribution in [0.25, 0.3) is 0 Å². The van der Waals surface area contributed by atoms with E-state index in [4.69, 9.17) is 0 Å². The summed E-state index contributed by atoms with van der Waals surface area (Å²) in [6.07, 6.45) is 6.92. The molecule has 1 aromatic carbocycles. The summed E-state index contributed by atoms with van der Waals surface area (Å²) in [6, 6.07) is 6.31. The predicted molar refractivity (Wildman–Crippen MR) is 60.1 cm³/mol. The zero-order chi connectivity index (χ0) is 10.3. The minimum absolute atomic E-state index is 0.354. The minimum Gasteiger partial charge on any atom is -0.294 e. The van der Waals surface area contributed by atoms with E-state index < -0.39 is 0 Å². The summed E-state index contributed by atoms with van der Waals surface area (Å²) in [5.74, 6) is 1.05. The van der Waals surface area contributed by atoms with E-state index in [0.29, 0.717) is 11.7 Å². The molecule has 0 spiro atoms. The number of fused-ring (bicyclic) bond motifs is 1. The number of carbonyl (C=O) groups excluding carboxylic acids is 1. The molecule has 0 bridgehead atoms. The molecule has 1 saturated carbocycles.